The Labute approximate surface area is 169 Å². The number of amides is 3. The first kappa shape index (κ1) is 19.1. The molecular formula is C22H23N3O4. The molecule has 1 aromatic heterocycles. The fraction of sp³-hybridized carbons (Fsp3) is 0.364. The molecule has 1 fully saturated rings. The number of carbonyl (C=O) groups is 3. The highest BCUT2D eigenvalue weighted by Crippen LogP contribution is 2.23. The maximum absolute atomic E-state index is 12.5. The number of aromatic nitrogens is 1. The van der Waals surface area contributed by atoms with E-state index in [-0.39, 0.29) is 30.4 Å². The van der Waals surface area contributed by atoms with Crippen LogP contribution in [-0.2, 0) is 4.79 Å². The van der Waals surface area contributed by atoms with Gasteiger partial charge in [-0.3, -0.25) is 19.3 Å². The molecule has 2 aliphatic rings. The number of ether oxygens (including phenoxy) is 1. The van der Waals surface area contributed by atoms with Gasteiger partial charge >= 0.3 is 0 Å². The molecule has 0 spiro atoms. The summed E-state index contributed by atoms with van der Waals surface area (Å²) in [5.74, 6) is 0.0293. The minimum atomic E-state index is -0.279. The van der Waals surface area contributed by atoms with E-state index in [4.69, 9.17) is 4.74 Å². The number of nitrogens with zero attached hydrogens (tertiary/aromatic N) is 3. The number of pyridine rings is 1. The second-order valence-corrected chi connectivity index (χ2v) is 7.45. The fourth-order valence-corrected chi connectivity index (χ4v) is 3.73. The largest absolute Gasteiger partial charge is 0.472 e. The molecule has 2 aromatic rings. The lowest BCUT2D eigenvalue weighted by Gasteiger charge is -2.18. The summed E-state index contributed by atoms with van der Waals surface area (Å²) >= 11 is 0. The Balaban J connectivity index is 1.24. The van der Waals surface area contributed by atoms with Gasteiger partial charge in [-0.25, -0.2) is 4.98 Å². The summed E-state index contributed by atoms with van der Waals surface area (Å²) in [5.41, 5.74) is 1.94. The standard InChI is InChI=1S/C22H23N3O4/c1-15-8-9-19(23-13-15)29-16-10-12-24(14-16)20(26)7-4-11-25-21(27)17-5-2-3-6-18(17)22(25)28/h2-3,5-6,8-9,13,16H,4,7,10-12,14H2,1H3. The summed E-state index contributed by atoms with van der Waals surface area (Å²) in [7, 11) is 0. The highest BCUT2D eigenvalue weighted by molar-refractivity contribution is 6.21. The van der Waals surface area contributed by atoms with Gasteiger partial charge in [-0.2, -0.15) is 0 Å². The van der Waals surface area contributed by atoms with Crippen molar-refractivity contribution in [2.24, 2.45) is 0 Å². The van der Waals surface area contributed by atoms with Gasteiger partial charge in [-0.15, -0.1) is 0 Å². The molecule has 0 N–H and O–H groups in total. The van der Waals surface area contributed by atoms with E-state index in [9.17, 15) is 14.4 Å². The lowest BCUT2D eigenvalue weighted by Crippen LogP contribution is -2.33. The third kappa shape index (κ3) is 3.99. The van der Waals surface area contributed by atoms with Gasteiger partial charge in [0.15, 0.2) is 0 Å². The summed E-state index contributed by atoms with van der Waals surface area (Å²) < 4.78 is 5.86. The highest BCUT2D eigenvalue weighted by atomic mass is 16.5. The average Bonchev–Trinajstić information content (AvgIpc) is 3.29. The van der Waals surface area contributed by atoms with Crippen molar-refractivity contribution in [2.45, 2.75) is 32.3 Å². The minimum Gasteiger partial charge on any atom is -0.472 e. The monoisotopic (exact) mass is 393 g/mol. The van der Waals surface area contributed by atoms with Crippen molar-refractivity contribution in [3.8, 4) is 5.88 Å². The first-order valence-corrected chi connectivity index (χ1v) is 9.85. The zero-order chi connectivity index (χ0) is 20.4. The molecule has 1 unspecified atom stereocenters. The molecule has 0 bridgehead atoms. The third-order valence-corrected chi connectivity index (χ3v) is 5.32. The Morgan fingerprint density at radius 1 is 1.14 bits per heavy atom. The summed E-state index contributed by atoms with van der Waals surface area (Å²) in [5, 5.41) is 0. The molecule has 2 aliphatic heterocycles. The molecule has 1 saturated heterocycles. The van der Waals surface area contributed by atoms with Crippen LogP contribution in [0.3, 0.4) is 0 Å². The van der Waals surface area contributed by atoms with E-state index in [1.807, 2.05) is 19.1 Å². The lowest BCUT2D eigenvalue weighted by atomic mass is 10.1. The summed E-state index contributed by atoms with van der Waals surface area (Å²) in [4.78, 5) is 44.5. The quantitative estimate of drug-likeness (QED) is 0.705. The van der Waals surface area contributed by atoms with Crippen LogP contribution < -0.4 is 4.74 Å². The van der Waals surface area contributed by atoms with Crippen LogP contribution in [0.25, 0.3) is 0 Å². The van der Waals surface area contributed by atoms with E-state index in [2.05, 4.69) is 4.98 Å². The highest BCUT2D eigenvalue weighted by Gasteiger charge is 2.35. The number of fused-ring (bicyclic) bond motifs is 1. The molecule has 1 atom stereocenters. The maximum Gasteiger partial charge on any atom is 0.261 e. The second-order valence-electron chi connectivity index (χ2n) is 7.45. The predicted octanol–water partition coefficient (Wildman–Crippen LogP) is 2.45. The molecule has 150 valence electrons. The minimum absolute atomic E-state index is 0.0181. The van der Waals surface area contributed by atoms with Crippen LogP contribution in [-0.4, -0.2) is 58.2 Å². The van der Waals surface area contributed by atoms with E-state index in [0.717, 1.165) is 12.0 Å². The van der Waals surface area contributed by atoms with E-state index in [1.54, 1.807) is 35.4 Å². The van der Waals surface area contributed by atoms with Crippen molar-refractivity contribution in [3.63, 3.8) is 0 Å². The fourth-order valence-electron chi connectivity index (χ4n) is 3.73. The van der Waals surface area contributed by atoms with Gasteiger partial charge in [0.25, 0.3) is 11.8 Å². The predicted molar refractivity (Wildman–Crippen MR) is 106 cm³/mol. The van der Waals surface area contributed by atoms with Gasteiger partial charge in [-0.1, -0.05) is 18.2 Å². The summed E-state index contributed by atoms with van der Waals surface area (Å²) in [6.45, 7) is 3.39. The number of imide groups is 1. The van der Waals surface area contributed by atoms with Crippen LogP contribution in [0.5, 0.6) is 5.88 Å². The molecular weight excluding hydrogens is 370 g/mol. The average molecular weight is 393 g/mol. The maximum atomic E-state index is 12.5. The van der Waals surface area contributed by atoms with Crippen LogP contribution in [0.15, 0.2) is 42.6 Å². The normalized spacial score (nSPS) is 18.3. The van der Waals surface area contributed by atoms with Crippen LogP contribution in [0.2, 0.25) is 0 Å². The zero-order valence-corrected chi connectivity index (χ0v) is 16.3. The van der Waals surface area contributed by atoms with Crippen LogP contribution >= 0.6 is 0 Å². The first-order chi connectivity index (χ1) is 14.0. The summed E-state index contributed by atoms with van der Waals surface area (Å²) in [6, 6.07) is 10.6. The van der Waals surface area contributed by atoms with Crippen molar-refractivity contribution in [1.82, 2.24) is 14.8 Å². The SMILES string of the molecule is Cc1ccc(OC2CCN(C(=O)CCCN3C(=O)c4ccccc4C3=O)C2)nc1. The number of hydrogen-bond acceptors (Lipinski definition) is 5. The number of benzene rings is 1. The molecule has 1 aromatic carbocycles. The summed E-state index contributed by atoms with van der Waals surface area (Å²) in [6.07, 6.45) is 3.20. The molecule has 7 heteroatoms. The van der Waals surface area contributed by atoms with Gasteiger partial charge in [-0.05, 0) is 31.0 Å². The molecule has 0 radical (unpaired) electrons. The number of hydrogen-bond donors (Lipinski definition) is 0. The lowest BCUT2D eigenvalue weighted by molar-refractivity contribution is -0.130. The van der Waals surface area contributed by atoms with E-state index in [1.165, 1.54) is 4.90 Å². The van der Waals surface area contributed by atoms with Gasteiger partial charge in [0, 0.05) is 38.2 Å². The molecule has 7 nitrogen and oxygen atoms in total. The Bertz CT molecular complexity index is 906. The molecule has 3 amide bonds. The van der Waals surface area contributed by atoms with Crippen molar-refractivity contribution in [1.29, 1.82) is 0 Å². The van der Waals surface area contributed by atoms with Gasteiger partial charge in [0.2, 0.25) is 11.8 Å². The zero-order valence-electron chi connectivity index (χ0n) is 16.3. The molecule has 4 rings (SSSR count). The van der Waals surface area contributed by atoms with Crippen LogP contribution in [0.1, 0.15) is 45.5 Å². The Hall–Kier alpha value is -3.22. The smallest absolute Gasteiger partial charge is 0.261 e. The van der Waals surface area contributed by atoms with Crippen LogP contribution in [0.4, 0.5) is 0 Å². The Kier molecular flexibility index (Phi) is 5.29. The van der Waals surface area contributed by atoms with Gasteiger partial charge < -0.3 is 9.64 Å². The van der Waals surface area contributed by atoms with Crippen molar-refractivity contribution in [3.05, 3.63) is 59.3 Å². The number of likely N-dealkylation sites (tertiary alicyclic amines) is 1. The van der Waals surface area contributed by atoms with Crippen molar-refractivity contribution >= 4 is 17.7 Å². The number of carbonyl (C=O) groups excluding carboxylic acids is 3. The van der Waals surface area contributed by atoms with E-state index < -0.39 is 0 Å². The Morgan fingerprint density at radius 3 is 2.52 bits per heavy atom. The van der Waals surface area contributed by atoms with E-state index in [0.29, 0.717) is 42.9 Å². The first-order valence-electron chi connectivity index (χ1n) is 9.85. The van der Waals surface area contributed by atoms with E-state index >= 15 is 0 Å². The second kappa shape index (κ2) is 8.03. The van der Waals surface area contributed by atoms with Crippen LogP contribution in [0, 0.1) is 6.92 Å². The van der Waals surface area contributed by atoms with Crippen molar-refractivity contribution < 1.29 is 19.1 Å². The number of aryl methyl sites for hydroxylation is 1. The van der Waals surface area contributed by atoms with Gasteiger partial charge in [0.05, 0.1) is 17.7 Å². The molecule has 29 heavy (non-hydrogen) atoms. The topological polar surface area (TPSA) is 79.8 Å². The van der Waals surface area contributed by atoms with Gasteiger partial charge in [0.1, 0.15) is 6.10 Å². The Morgan fingerprint density at radius 2 is 1.86 bits per heavy atom. The van der Waals surface area contributed by atoms with Crippen molar-refractivity contribution in [2.75, 3.05) is 19.6 Å². The number of rotatable bonds is 6. The third-order valence-electron chi connectivity index (χ3n) is 5.32. The molecule has 0 aliphatic carbocycles. The molecule has 0 saturated carbocycles. The molecule has 3 heterocycles.